The van der Waals surface area contributed by atoms with E-state index < -0.39 is 0 Å². The van der Waals surface area contributed by atoms with Crippen molar-refractivity contribution in [3.63, 3.8) is 0 Å². The number of aryl methyl sites for hydroxylation is 1. The molecule has 0 amide bonds. The molecule has 0 spiro atoms. The number of hydrogen-bond donors (Lipinski definition) is 1. The van der Waals surface area contributed by atoms with Crippen molar-refractivity contribution in [1.82, 2.24) is 14.8 Å². The van der Waals surface area contributed by atoms with Crippen molar-refractivity contribution < 1.29 is 0 Å². The number of thiocarbonyl (C=S) groups is 1. The zero-order valence-electron chi connectivity index (χ0n) is 15.6. The lowest BCUT2D eigenvalue weighted by Crippen LogP contribution is -2.41. The predicted molar refractivity (Wildman–Crippen MR) is 110 cm³/mol. The fourth-order valence-electron chi connectivity index (χ4n) is 2.72. The highest BCUT2D eigenvalue weighted by Gasteiger charge is 2.19. The number of nitrogens with zero attached hydrogens (tertiary/aromatic N) is 3. The number of nitrogens with one attached hydrogen (secondary N) is 1. The highest BCUT2D eigenvalue weighted by Crippen LogP contribution is 2.22. The highest BCUT2D eigenvalue weighted by molar-refractivity contribution is 7.80. The van der Waals surface area contributed by atoms with Gasteiger partial charge in [0, 0.05) is 31.2 Å². The summed E-state index contributed by atoms with van der Waals surface area (Å²) < 4.78 is 0. The summed E-state index contributed by atoms with van der Waals surface area (Å²) in [7, 11) is 4.16. The summed E-state index contributed by atoms with van der Waals surface area (Å²) in [4.78, 5) is 8.66. The molecule has 4 nitrogen and oxygen atoms in total. The lowest BCUT2D eigenvalue weighted by atomic mass is 10.1. The molecule has 1 atom stereocenters. The van der Waals surface area contributed by atoms with Crippen LogP contribution in [0, 0.1) is 0 Å². The van der Waals surface area contributed by atoms with Gasteiger partial charge in [0.05, 0.1) is 6.04 Å². The number of pyridine rings is 1. The maximum atomic E-state index is 5.77. The van der Waals surface area contributed by atoms with Gasteiger partial charge in [0.25, 0.3) is 0 Å². The maximum Gasteiger partial charge on any atom is 0.173 e. The molecule has 0 fully saturated rings. The molecule has 1 heterocycles. The second-order valence-electron chi connectivity index (χ2n) is 6.40. The van der Waals surface area contributed by atoms with Gasteiger partial charge >= 0.3 is 0 Å². The smallest absolute Gasteiger partial charge is 0.173 e. The number of benzene rings is 1. The number of aromatic nitrogens is 1. The van der Waals surface area contributed by atoms with Crippen molar-refractivity contribution in [2.75, 3.05) is 32.5 Å². The monoisotopic (exact) mass is 356 g/mol. The molecule has 1 aromatic carbocycles. The first-order chi connectivity index (χ1) is 12.0. The van der Waals surface area contributed by atoms with E-state index >= 15 is 0 Å². The SMILES string of the molecule is CCc1ccccc1NC(=S)N(CCN(C)C)[C@@H](C)c1cccnc1. The molecule has 0 bridgehead atoms. The number of anilines is 1. The molecule has 2 aromatic rings. The van der Waals surface area contributed by atoms with Crippen molar-refractivity contribution in [1.29, 1.82) is 0 Å². The lowest BCUT2D eigenvalue weighted by Gasteiger charge is -2.33. The maximum absolute atomic E-state index is 5.77. The summed E-state index contributed by atoms with van der Waals surface area (Å²) in [5.74, 6) is 0. The highest BCUT2D eigenvalue weighted by atomic mass is 32.1. The Morgan fingerprint density at radius 1 is 1.16 bits per heavy atom. The molecule has 0 radical (unpaired) electrons. The minimum atomic E-state index is 0.155. The third-order valence-electron chi connectivity index (χ3n) is 4.32. The Bertz CT molecular complexity index is 672. The minimum absolute atomic E-state index is 0.155. The van der Waals surface area contributed by atoms with Gasteiger partial charge in [0.15, 0.2) is 5.11 Å². The third kappa shape index (κ3) is 5.51. The molecule has 1 aromatic heterocycles. The van der Waals surface area contributed by atoms with Crippen LogP contribution in [0.4, 0.5) is 5.69 Å². The number of rotatable bonds is 7. The van der Waals surface area contributed by atoms with E-state index in [1.165, 1.54) is 5.56 Å². The van der Waals surface area contributed by atoms with Gasteiger partial charge < -0.3 is 15.1 Å². The van der Waals surface area contributed by atoms with Crippen LogP contribution in [0.3, 0.4) is 0 Å². The van der Waals surface area contributed by atoms with E-state index in [-0.39, 0.29) is 6.04 Å². The van der Waals surface area contributed by atoms with Gasteiger partial charge in [-0.1, -0.05) is 31.2 Å². The average Bonchev–Trinajstić information content (AvgIpc) is 2.62. The molecule has 0 aliphatic carbocycles. The second-order valence-corrected chi connectivity index (χ2v) is 6.79. The first kappa shape index (κ1) is 19.3. The van der Waals surface area contributed by atoms with E-state index in [1.807, 2.05) is 18.3 Å². The third-order valence-corrected chi connectivity index (χ3v) is 4.66. The minimum Gasteiger partial charge on any atom is -0.341 e. The quantitative estimate of drug-likeness (QED) is 0.759. The van der Waals surface area contributed by atoms with Crippen LogP contribution >= 0.6 is 12.2 Å². The summed E-state index contributed by atoms with van der Waals surface area (Å²) in [6.07, 6.45) is 4.69. The number of hydrogen-bond acceptors (Lipinski definition) is 3. The predicted octanol–water partition coefficient (Wildman–Crippen LogP) is 3.97. The molecule has 0 saturated heterocycles. The molecule has 0 aliphatic rings. The Morgan fingerprint density at radius 2 is 1.92 bits per heavy atom. The largest absolute Gasteiger partial charge is 0.341 e. The topological polar surface area (TPSA) is 31.4 Å². The Hall–Kier alpha value is -1.98. The van der Waals surface area contributed by atoms with E-state index in [2.05, 4.69) is 72.3 Å². The van der Waals surface area contributed by atoms with Gasteiger partial charge in [-0.15, -0.1) is 0 Å². The van der Waals surface area contributed by atoms with Crippen molar-refractivity contribution >= 4 is 23.0 Å². The van der Waals surface area contributed by atoms with Crippen LogP contribution in [-0.4, -0.2) is 47.1 Å². The van der Waals surface area contributed by atoms with E-state index in [9.17, 15) is 0 Å². The molecule has 1 N–H and O–H groups in total. The van der Waals surface area contributed by atoms with E-state index in [0.717, 1.165) is 35.9 Å². The van der Waals surface area contributed by atoms with Gasteiger partial charge in [-0.05, 0) is 62.9 Å². The van der Waals surface area contributed by atoms with Crippen molar-refractivity contribution in [2.24, 2.45) is 0 Å². The molecule has 2 rings (SSSR count). The number of para-hydroxylation sites is 1. The summed E-state index contributed by atoms with van der Waals surface area (Å²) in [6.45, 7) is 6.11. The van der Waals surface area contributed by atoms with Crippen LogP contribution in [0.1, 0.15) is 31.0 Å². The van der Waals surface area contributed by atoms with Gasteiger partial charge in [-0.3, -0.25) is 4.98 Å². The molecule has 5 heteroatoms. The van der Waals surface area contributed by atoms with Gasteiger partial charge in [-0.25, -0.2) is 0 Å². The molecule has 0 aliphatic heterocycles. The Morgan fingerprint density at radius 3 is 2.56 bits per heavy atom. The molecular weight excluding hydrogens is 328 g/mol. The molecule has 25 heavy (non-hydrogen) atoms. The van der Waals surface area contributed by atoms with E-state index in [1.54, 1.807) is 6.20 Å². The van der Waals surface area contributed by atoms with Crippen LogP contribution in [0.2, 0.25) is 0 Å². The van der Waals surface area contributed by atoms with Gasteiger partial charge in [0.2, 0.25) is 0 Å². The lowest BCUT2D eigenvalue weighted by molar-refractivity contribution is 0.289. The first-order valence-corrected chi connectivity index (χ1v) is 9.14. The standard InChI is InChI=1S/C20H28N4S/c1-5-17-9-6-7-11-19(17)22-20(25)24(14-13-23(3)4)16(2)18-10-8-12-21-15-18/h6-12,15-16H,5,13-14H2,1-4H3,(H,22,25)/t16-/m0/s1. The zero-order chi connectivity index (χ0) is 18.2. The molecule has 0 saturated carbocycles. The summed E-state index contributed by atoms with van der Waals surface area (Å²) in [5, 5.41) is 4.20. The van der Waals surface area contributed by atoms with Crippen molar-refractivity contribution in [2.45, 2.75) is 26.3 Å². The van der Waals surface area contributed by atoms with Crippen LogP contribution in [0.15, 0.2) is 48.8 Å². The van der Waals surface area contributed by atoms with E-state index in [0.29, 0.717) is 0 Å². The Kier molecular flexibility index (Phi) is 7.34. The average molecular weight is 357 g/mol. The molecule has 134 valence electrons. The Labute approximate surface area is 156 Å². The van der Waals surface area contributed by atoms with Gasteiger partial charge in [0.1, 0.15) is 0 Å². The fourth-order valence-corrected chi connectivity index (χ4v) is 3.08. The fraction of sp³-hybridized carbons (Fsp3) is 0.400. The summed E-state index contributed by atoms with van der Waals surface area (Å²) in [5.41, 5.74) is 3.52. The molecular formula is C20H28N4S. The second kappa shape index (κ2) is 9.49. The number of likely N-dealkylation sites (N-methyl/N-ethyl adjacent to an activating group) is 1. The van der Waals surface area contributed by atoms with Crippen molar-refractivity contribution in [3.8, 4) is 0 Å². The summed E-state index contributed by atoms with van der Waals surface area (Å²) in [6, 6.07) is 12.6. The van der Waals surface area contributed by atoms with Crippen LogP contribution in [0.5, 0.6) is 0 Å². The Balaban J connectivity index is 2.20. The summed E-state index contributed by atoms with van der Waals surface area (Å²) >= 11 is 5.77. The van der Waals surface area contributed by atoms with Crippen LogP contribution in [0.25, 0.3) is 0 Å². The van der Waals surface area contributed by atoms with Crippen LogP contribution in [-0.2, 0) is 6.42 Å². The normalized spacial score (nSPS) is 12.0. The van der Waals surface area contributed by atoms with Crippen molar-refractivity contribution in [3.05, 3.63) is 59.9 Å². The van der Waals surface area contributed by atoms with Gasteiger partial charge in [-0.2, -0.15) is 0 Å². The van der Waals surface area contributed by atoms with E-state index in [4.69, 9.17) is 12.2 Å². The van der Waals surface area contributed by atoms with Crippen LogP contribution < -0.4 is 5.32 Å². The zero-order valence-corrected chi connectivity index (χ0v) is 16.4. The molecule has 0 unspecified atom stereocenters. The first-order valence-electron chi connectivity index (χ1n) is 8.73.